The molecule has 48 heavy (non-hydrogen) atoms. The Kier molecular flexibility index (Phi) is 6.22. The van der Waals surface area contributed by atoms with Crippen LogP contribution in [0.25, 0.3) is 82.1 Å². The molecule has 4 heteroatoms. The van der Waals surface area contributed by atoms with Crippen molar-refractivity contribution in [3.05, 3.63) is 175 Å². The minimum absolute atomic E-state index is 0.604. The number of para-hydroxylation sites is 3. The van der Waals surface area contributed by atoms with Crippen molar-refractivity contribution in [3.8, 4) is 39.7 Å². The zero-order valence-electron chi connectivity index (χ0n) is 25.8. The number of hydrogen-bond acceptors (Lipinski definition) is 1. The van der Waals surface area contributed by atoms with E-state index in [2.05, 4.69) is 135 Å². The maximum atomic E-state index is 10.6. The monoisotopic (exact) mass is 610 g/mol. The van der Waals surface area contributed by atoms with Gasteiger partial charge in [0.05, 0.1) is 45.6 Å². The summed E-state index contributed by atoms with van der Waals surface area (Å²) in [4.78, 5) is 3.72. The molecule has 7 aromatic carbocycles. The molecular formula is C44H26N4. The molecule has 0 spiro atoms. The fourth-order valence-electron chi connectivity index (χ4n) is 7.34. The lowest BCUT2D eigenvalue weighted by Crippen LogP contribution is -2.01. The third-order valence-corrected chi connectivity index (χ3v) is 9.38. The third kappa shape index (κ3) is 4.07. The van der Waals surface area contributed by atoms with Gasteiger partial charge in [-0.1, -0.05) is 109 Å². The van der Waals surface area contributed by atoms with Gasteiger partial charge < -0.3 is 9.13 Å². The summed E-state index contributed by atoms with van der Waals surface area (Å²) in [5, 5.41) is 15.1. The van der Waals surface area contributed by atoms with Crippen LogP contribution in [-0.2, 0) is 0 Å². The highest BCUT2D eigenvalue weighted by molar-refractivity contribution is 6.12. The van der Waals surface area contributed by atoms with Crippen molar-refractivity contribution in [2.45, 2.75) is 0 Å². The molecule has 0 aliphatic rings. The molecule has 0 saturated carbocycles. The van der Waals surface area contributed by atoms with E-state index in [0.29, 0.717) is 11.3 Å². The van der Waals surface area contributed by atoms with Gasteiger partial charge in [0.2, 0.25) is 0 Å². The van der Waals surface area contributed by atoms with E-state index >= 15 is 0 Å². The zero-order valence-corrected chi connectivity index (χ0v) is 25.8. The molecule has 0 unspecified atom stereocenters. The summed E-state index contributed by atoms with van der Waals surface area (Å²) < 4.78 is 4.51. The predicted molar refractivity (Wildman–Crippen MR) is 197 cm³/mol. The second-order valence-corrected chi connectivity index (χ2v) is 11.9. The van der Waals surface area contributed by atoms with Crippen LogP contribution < -0.4 is 0 Å². The fourth-order valence-corrected chi connectivity index (χ4v) is 7.34. The number of fused-ring (bicyclic) bond motifs is 6. The van der Waals surface area contributed by atoms with Crippen molar-refractivity contribution in [1.82, 2.24) is 9.13 Å². The van der Waals surface area contributed by atoms with E-state index < -0.39 is 0 Å². The Labute approximate surface area is 277 Å². The predicted octanol–water partition coefficient (Wildman–Crippen LogP) is 11.6. The fraction of sp³-hybridized carbons (Fsp3) is 0. The zero-order chi connectivity index (χ0) is 32.2. The Bertz CT molecular complexity index is 2750. The minimum atomic E-state index is 0.604. The number of nitrogens with zero attached hydrogens (tertiary/aromatic N) is 4. The van der Waals surface area contributed by atoms with Crippen LogP contribution in [0.1, 0.15) is 5.56 Å². The molecule has 2 heterocycles. The summed E-state index contributed by atoms with van der Waals surface area (Å²) in [5.41, 5.74) is 11.5. The lowest BCUT2D eigenvalue weighted by Gasteiger charge is -2.19. The van der Waals surface area contributed by atoms with Crippen LogP contribution in [-0.4, -0.2) is 9.13 Å². The molecule has 0 atom stereocenters. The quantitative estimate of drug-likeness (QED) is 0.183. The SMILES string of the molecule is [C-]#[N+]c1ccc2c(c1)c1ccccc1n2-c1cccc(-c2ccc(-n3c4ccccc4c4ccccc43)c(C#N)c2)c1-c1ccccc1. The first-order chi connectivity index (χ1) is 23.7. The molecule has 0 N–H and O–H groups in total. The van der Waals surface area contributed by atoms with Gasteiger partial charge in [-0.05, 0) is 70.6 Å². The Morgan fingerprint density at radius 2 is 1.06 bits per heavy atom. The summed E-state index contributed by atoms with van der Waals surface area (Å²) in [7, 11) is 0. The molecule has 0 aliphatic heterocycles. The first-order valence-corrected chi connectivity index (χ1v) is 15.9. The van der Waals surface area contributed by atoms with Crippen molar-refractivity contribution in [2.24, 2.45) is 0 Å². The lowest BCUT2D eigenvalue weighted by atomic mass is 9.91. The van der Waals surface area contributed by atoms with E-state index in [1.54, 1.807) is 0 Å². The maximum absolute atomic E-state index is 10.6. The van der Waals surface area contributed by atoms with E-state index in [1.807, 2.05) is 42.5 Å². The number of nitriles is 1. The van der Waals surface area contributed by atoms with Crippen molar-refractivity contribution in [1.29, 1.82) is 5.26 Å². The molecule has 0 radical (unpaired) electrons. The van der Waals surface area contributed by atoms with Gasteiger partial charge in [-0.2, -0.15) is 5.26 Å². The number of aromatic nitrogens is 2. The Morgan fingerprint density at radius 1 is 0.479 bits per heavy atom. The summed E-state index contributed by atoms with van der Waals surface area (Å²) in [6, 6.07) is 56.7. The van der Waals surface area contributed by atoms with Gasteiger partial charge in [0.1, 0.15) is 6.07 Å². The first kappa shape index (κ1) is 27.4. The normalized spacial score (nSPS) is 11.3. The summed E-state index contributed by atoms with van der Waals surface area (Å²) in [6.45, 7) is 7.63. The Hall–Kier alpha value is -6.88. The summed E-state index contributed by atoms with van der Waals surface area (Å²) in [6.07, 6.45) is 0. The smallest absolute Gasteiger partial charge is 0.188 e. The molecule has 9 aromatic rings. The van der Waals surface area contributed by atoms with Crippen molar-refractivity contribution in [3.63, 3.8) is 0 Å². The van der Waals surface area contributed by atoms with Crippen LogP contribution in [0.4, 0.5) is 5.69 Å². The van der Waals surface area contributed by atoms with Crippen molar-refractivity contribution < 1.29 is 0 Å². The Balaban J connectivity index is 1.32. The van der Waals surface area contributed by atoms with Crippen LogP contribution >= 0.6 is 0 Å². The number of hydrogen-bond donors (Lipinski definition) is 0. The topological polar surface area (TPSA) is 38.0 Å². The van der Waals surface area contributed by atoms with E-state index in [0.717, 1.165) is 77.2 Å². The van der Waals surface area contributed by atoms with Crippen LogP contribution in [0.5, 0.6) is 0 Å². The average Bonchev–Trinajstić information content (AvgIpc) is 3.67. The summed E-state index contributed by atoms with van der Waals surface area (Å²) >= 11 is 0. The standard InChI is InChI=1S/C44H26N4/c1-46-32-23-25-42-37(27-32)36-16-7-10-20-41(36)48(42)43-21-11-17-33(44(43)29-12-3-2-4-13-29)30-22-24-38(31(26-30)28-45)47-39-18-8-5-14-34(39)35-15-6-9-19-40(35)47/h2-27H. The highest BCUT2D eigenvalue weighted by Crippen LogP contribution is 2.42. The second-order valence-electron chi connectivity index (χ2n) is 11.9. The Morgan fingerprint density at radius 3 is 1.71 bits per heavy atom. The van der Waals surface area contributed by atoms with E-state index in [9.17, 15) is 5.26 Å². The number of benzene rings is 7. The van der Waals surface area contributed by atoms with E-state index in [4.69, 9.17) is 6.57 Å². The van der Waals surface area contributed by atoms with Gasteiger partial charge in [0, 0.05) is 21.7 Å². The van der Waals surface area contributed by atoms with Gasteiger partial charge in [0.15, 0.2) is 5.69 Å². The van der Waals surface area contributed by atoms with Crippen molar-refractivity contribution in [2.75, 3.05) is 0 Å². The van der Waals surface area contributed by atoms with E-state index in [1.165, 1.54) is 0 Å². The molecule has 0 amide bonds. The van der Waals surface area contributed by atoms with Crippen LogP contribution in [0, 0.1) is 17.9 Å². The molecule has 4 nitrogen and oxygen atoms in total. The number of rotatable bonds is 4. The molecule has 0 fully saturated rings. The van der Waals surface area contributed by atoms with Gasteiger partial charge in [0.25, 0.3) is 0 Å². The lowest BCUT2D eigenvalue weighted by molar-refractivity contribution is 1.17. The largest absolute Gasteiger partial charge is 0.309 e. The van der Waals surface area contributed by atoms with Gasteiger partial charge in [-0.15, -0.1) is 0 Å². The van der Waals surface area contributed by atoms with E-state index in [-0.39, 0.29) is 0 Å². The van der Waals surface area contributed by atoms with Gasteiger partial charge in [-0.3, -0.25) is 0 Å². The van der Waals surface area contributed by atoms with Crippen LogP contribution in [0.3, 0.4) is 0 Å². The molecular weight excluding hydrogens is 585 g/mol. The highest BCUT2D eigenvalue weighted by atomic mass is 15.0. The second kappa shape index (κ2) is 10.9. The first-order valence-electron chi connectivity index (χ1n) is 15.9. The average molecular weight is 611 g/mol. The molecule has 222 valence electrons. The van der Waals surface area contributed by atoms with Gasteiger partial charge in [-0.25, -0.2) is 4.85 Å². The molecule has 0 aliphatic carbocycles. The third-order valence-electron chi connectivity index (χ3n) is 9.38. The highest BCUT2D eigenvalue weighted by Gasteiger charge is 2.20. The molecule has 2 aromatic heterocycles. The molecule has 9 rings (SSSR count). The molecule has 0 bridgehead atoms. The molecule has 0 saturated heterocycles. The summed E-state index contributed by atoms with van der Waals surface area (Å²) in [5.74, 6) is 0. The maximum Gasteiger partial charge on any atom is 0.188 e. The van der Waals surface area contributed by atoms with Crippen LogP contribution in [0.15, 0.2) is 158 Å². The van der Waals surface area contributed by atoms with Gasteiger partial charge >= 0.3 is 0 Å². The minimum Gasteiger partial charge on any atom is -0.309 e. The van der Waals surface area contributed by atoms with Crippen molar-refractivity contribution >= 4 is 49.3 Å². The van der Waals surface area contributed by atoms with Crippen LogP contribution in [0.2, 0.25) is 0 Å².